The van der Waals surface area contributed by atoms with Gasteiger partial charge in [-0.3, -0.25) is 14.2 Å². The first-order chi connectivity index (χ1) is 16.0. The third kappa shape index (κ3) is 5.39. The molecule has 1 aliphatic heterocycles. The fraction of sp³-hybridized carbons (Fsp3) is 0.375. The molecule has 1 N–H and O–H groups in total. The zero-order valence-corrected chi connectivity index (χ0v) is 19.8. The molecular weight excluding hydrogens is 465 g/mol. The van der Waals surface area contributed by atoms with E-state index in [-0.39, 0.29) is 23.3 Å². The van der Waals surface area contributed by atoms with Gasteiger partial charge in [0.2, 0.25) is 0 Å². The van der Waals surface area contributed by atoms with Gasteiger partial charge in [-0.05, 0) is 49.6 Å². The van der Waals surface area contributed by atoms with Gasteiger partial charge in [-0.2, -0.15) is 0 Å². The van der Waals surface area contributed by atoms with Crippen molar-refractivity contribution in [2.75, 3.05) is 13.2 Å². The lowest BCUT2D eigenvalue weighted by molar-refractivity contribution is 0.0937. The molecule has 1 aliphatic rings. The van der Waals surface area contributed by atoms with E-state index in [4.69, 9.17) is 21.3 Å². The van der Waals surface area contributed by atoms with E-state index in [1.54, 1.807) is 34.9 Å². The molecule has 2 aromatic carbocycles. The molecule has 2 heterocycles. The molecule has 0 saturated carbocycles. The largest absolute Gasteiger partial charge is 0.376 e. The number of rotatable bonds is 8. The van der Waals surface area contributed by atoms with Gasteiger partial charge in [-0.25, -0.2) is 9.37 Å². The van der Waals surface area contributed by atoms with E-state index in [1.807, 2.05) is 6.92 Å². The number of benzene rings is 2. The summed E-state index contributed by atoms with van der Waals surface area (Å²) in [7, 11) is 0. The average molecular weight is 490 g/mol. The summed E-state index contributed by atoms with van der Waals surface area (Å²) < 4.78 is 21.6. The first-order valence-electron chi connectivity index (χ1n) is 11.0. The molecule has 6 nitrogen and oxygen atoms in total. The number of nitrogens with one attached hydrogen (secondary N) is 1. The van der Waals surface area contributed by atoms with Crippen LogP contribution in [0.1, 0.15) is 42.1 Å². The predicted octanol–water partition coefficient (Wildman–Crippen LogP) is 4.80. The predicted molar refractivity (Wildman–Crippen MR) is 129 cm³/mol. The number of carbonyl (C=O) groups excluding carboxylic acids is 1. The summed E-state index contributed by atoms with van der Waals surface area (Å²) in [5.41, 5.74) is 1.01. The van der Waals surface area contributed by atoms with Crippen molar-refractivity contribution in [2.24, 2.45) is 0 Å². The number of carbonyl (C=O) groups is 1. The van der Waals surface area contributed by atoms with Crippen molar-refractivity contribution in [3.05, 3.63) is 68.7 Å². The summed E-state index contributed by atoms with van der Waals surface area (Å²) >= 11 is 7.43. The highest BCUT2D eigenvalue weighted by molar-refractivity contribution is 7.98. The lowest BCUT2D eigenvalue weighted by Gasteiger charge is -2.17. The Morgan fingerprint density at radius 1 is 1.36 bits per heavy atom. The minimum Gasteiger partial charge on any atom is -0.376 e. The molecule has 0 aliphatic carbocycles. The Morgan fingerprint density at radius 2 is 2.21 bits per heavy atom. The Kier molecular flexibility index (Phi) is 7.67. The van der Waals surface area contributed by atoms with E-state index in [9.17, 15) is 14.0 Å². The molecule has 4 rings (SSSR count). The lowest BCUT2D eigenvalue weighted by atomic mass is 10.1. The maximum absolute atomic E-state index is 14.3. The van der Waals surface area contributed by atoms with Crippen LogP contribution < -0.4 is 10.9 Å². The van der Waals surface area contributed by atoms with Crippen molar-refractivity contribution < 1.29 is 13.9 Å². The van der Waals surface area contributed by atoms with Crippen molar-refractivity contribution in [1.82, 2.24) is 14.9 Å². The van der Waals surface area contributed by atoms with Gasteiger partial charge in [0, 0.05) is 35.1 Å². The fourth-order valence-electron chi connectivity index (χ4n) is 3.75. The molecule has 9 heteroatoms. The van der Waals surface area contributed by atoms with Crippen molar-refractivity contribution >= 4 is 40.2 Å². The zero-order valence-electron chi connectivity index (χ0n) is 18.3. The summed E-state index contributed by atoms with van der Waals surface area (Å²) in [6.07, 6.45) is 2.57. The monoisotopic (exact) mass is 489 g/mol. The normalized spacial score (nSPS) is 15.8. The summed E-state index contributed by atoms with van der Waals surface area (Å²) in [5.74, 6) is -0.402. The van der Waals surface area contributed by atoms with Crippen molar-refractivity contribution in [2.45, 2.75) is 49.7 Å². The second kappa shape index (κ2) is 10.7. The molecule has 1 fully saturated rings. The van der Waals surface area contributed by atoms with Crippen LogP contribution in [-0.4, -0.2) is 34.7 Å². The molecule has 1 saturated heterocycles. The van der Waals surface area contributed by atoms with Crippen LogP contribution in [0.2, 0.25) is 5.02 Å². The standard InChI is InChI=1S/C24H25ClFN3O3S/c1-2-10-27-22(30)15-8-9-17-21(12-15)28-24(29(23(17)31)13-16-5-4-11-32-16)33-14-18-19(25)6-3-7-20(18)26/h3,6-9,12,16H,2,4-5,10-11,13-14H2,1H3,(H,27,30). The number of hydrogen-bond acceptors (Lipinski definition) is 5. The molecule has 0 radical (unpaired) electrons. The number of hydrogen-bond donors (Lipinski definition) is 1. The molecule has 0 bridgehead atoms. The minimum atomic E-state index is -0.404. The number of aromatic nitrogens is 2. The molecule has 1 unspecified atom stereocenters. The molecule has 3 aromatic rings. The van der Waals surface area contributed by atoms with Gasteiger partial charge in [-0.15, -0.1) is 0 Å². The number of fused-ring (bicyclic) bond motifs is 1. The van der Waals surface area contributed by atoms with Gasteiger partial charge < -0.3 is 10.1 Å². The van der Waals surface area contributed by atoms with E-state index in [0.717, 1.165) is 19.3 Å². The number of thioether (sulfide) groups is 1. The summed E-state index contributed by atoms with van der Waals surface area (Å²) in [6.45, 7) is 3.58. The third-order valence-corrected chi connectivity index (χ3v) is 6.89. The van der Waals surface area contributed by atoms with Gasteiger partial charge in [0.1, 0.15) is 5.82 Å². The SMILES string of the molecule is CCCNC(=O)c1ccc2c(=O)n(CC3CCCO3)c(SCc3c(F)cccc3Cl)nc2c1. The molecule has 174 valence electrons. The van der Waals surface area contributed by atoms with E-state index >= 15 is 0 Å². The highest BCUT2D eigenvalue weighted by Gasteiger charge is 2.21. The van der Waals surface area contributed by atoms with E-state index in [0.29, 0.717) is 51.9 Å². The zero-order chi connectivity index (χ0) is 23.4. The fourth-order valence-corrected chi connectivity index (χ4v) is 5.10. The summed E-state index contributed by atoms with van der Waals surface area (Å²) in [5, 5.41) is 4.02. The van der Waals surface area contributed by atoms with Crippen molar-refractivity contribution in [3.63, 3.8) is 0 Å². The van der Waals surface area contributed by atoms with Gasteiger partial charge in [0.25, 0.3) is 11.5 Å². The number of amides is 1. The Hall–Kier alpha value is -2.42. The quantitative estimate of drug-likeness (QED) is 0.363. The molecule has 1 aromatic heterocycles. The first kappa shape index (κ1) is 23.7. The van der Waals surface area contributed by atoms with Gasteiger partial charge in [0.05, 0.1) is 23.6 Å². The van der Waals surface area contributed by atoms with Crippen LogP contribution in [0.3, 0.4) is 0 Å². The molecule has 33 heavy (non-hydrogen) atoms. The van der Waals surface area contributed by atoms with E-state index in [2.05, 4.69) is 5.32 Å². The van der Waals surface area contributed by atoms with E-state index < -0.39 is 5.82 Å². The van der Waals surface area contributed by atoms with Gasteiger partial charge in [-0.1, -0.05) is 36.4 Å². The summed E-state index contributed by atoms with van der Waals surface area (Å²) in [6, 6.07) is 9.44. The second-order valence-electron chi connectivity index (χ2n) is 7.92. The first-order valence-corrected chi connectivity index (χ1v) is 12.3. The van der Waals surface area contributed by atoms with E-state index in [1.165, 1.54) is 17.8 Å². The molecule has 1 atom stereocenters. The highest BCUT2D eigenvalue weighted by atomic mass is 35.5. The van der Waals surface area contributed by atoms with Crippen LogP contribution in [0.15, 0.2) is 46.3 Å². The maximum atomic E-state index is 14.3. The topological polar surface area (TPSA) is 73.2 Å². The average Bonchev–Trinajstić information content (AvgIpc) is 3.32. The Balaban J connectivity index is 1.73. The van der Waals surface area contributed by atoms with Gasteiger partial charge in [0.15, 0.2) is 5.16 Å². The number of nitrogens with zero attached hydrogens (tertiary/aromatic N) is 2. The Morgan fingerprint density at radius 3 is 2.94 bits per heavy atom. The van der Waals surface area contributed by atoms with Crippen LogP contribution in [0.25, 0.3) is 10.9 Å². The number of halogens is 2. The van der Waals surface area contributed by atoms with Crippen molar-refractivity contribution in [3.8, 4) is 0 Å². The van der Waals surface area contributed by atoms with Gasteiger partial charge >= 0.3 is 0 Å². The van der Waals surface area contributed by atoms with Crippen LogP contribution in [0, 0.1) is 5.82 Å². The van der Waals surface area contributed by atoms with Crippen LogP contribution in [-0.2, 0) is 17.0 Å². The maximum Gasteiger partial charge on any atom is 0.262 e. The van der Waals surface area contributed by atoms with Crippen LogP contribution in [0.5, 0.6) is 0 Å². The Labute approximate surface area is 200 Å². The minimum absolute atomic E-state index is 0.0718. The third-order valence-electron chi connectivity index (χ3n) is 5.54. The summed E-state index contributed by atoms with van der Waals surface area (Å²) in [4.78, 5) is 30.5. The lowest BCUT2D eigenvalue weighted by Crippen LogP contribution is -2.29. The second-order valence-corrected chi connectivity index (χ2v) is 9.27. The highest BCUT2D eigenvalue weighted by Crippen LogP contribution is 2.29. The molecular formula is C24H25ClFN3O3S. The molecule has 0 spiro atoms. The van der Waals surface area contributed by atoms with Crippen molar-refractivity contribution in [1.29, 1.82) is 0 Å². The molecule has 1 amide bonds. The van der Waals surface area contributed by atoms with Crippen LogP contribution >= 0.6 is 23.4 Å². The Bertz CT molecular complexity index is 1210. The number of ether oxygens (including phenoxy) is 1. The van der Waals surface area contributed by atoms with Crippen LogP contribution in [0.4, 0.5) is 4.39 Å². The smallest absolute Gasteiger partial charge is 0.262 e.